The average molecular weight is 272 g/mol. The van der Waals surface area contributed by atoms with E-state index in [9.17, 15) is 12.8 Å². The average Bonchev–Trinajstić information content (AvgIpc) is 2.33. The Labute approximate surface area is 107 Å². The predicted octanol–water partition coefficient (Wildman–Crippen LogP) is 1.53. The van der Waals surface area contributed by atoms with Crippen molar-refractivity contribution in [1.82, 2.24) is 4.31 Å². The fourth-order valence-electron chi connectivity index (χ4n) is 2.20. The molecule has 2 rings (SSSR count). The van der Waals surface area contributed by atoms with Crippen molar-refractivity contribution < 1.29 is 12.8 Å². The van der Waals surface area contributed by atoms with Crippen molar-refractivity contribution in [2.24, 2.45) is 11.7 Å². The number of nitrogens with zero attached hydrogens (tertiary/aromatic N) is 1. The zero-order chi connectivity index (χ0) is 13.3. The van der Waals surface area contributed by atoms with E-state index in [-0.39, 0.29) is 10.8 Å². The quantitative estimate of drug-likeness (QED) is 0.888. The molecule has 1 fully saturated rings. The van der Waals surface area contributed by atoms with E-state index >= 15 is 0 Å². The fourth-order valence-corrected chi connectivity index (χ4v) is 3.84. The summed E-state index contributed by atoms with van der Waals surface area (Å²) < 4.78 is 38.9. The van der Waals surface area contributed by atoms with Crippen LogP contribution in [0.1, 0.15) is 19.8 Å². The van der Waals surface area contributed by atoms with E-state index in [0.29, 0.717) is 6.54 Å². The van der Waals surface area contributed by atoms with Crippen LogP contribution >= 0.6 is 0 Å². The summed E-state index contributed by atoms with van der Waals surface area (Å²) in [6.45, 7) is 2.36. The van der Waals surface area contributed by atoms with Crippen LogP contribution in [0.25, 0.3) is 0 Å². The lowest BCUT2D eigenvalue weighted by molar-refractivity contribution is 0.192. The Morgan fingerprint density at radius 3 is 2.56 bits per heavy atom. The van der Waals surface area contributed by atoms with Gasteiger partial charge in [-0.2, -0.15) is 4.31 Å². The van der Waals surface area contributed by atoms with Gasteiger partial charge in [0.25, 0.3) is 0 Å². The first kappa shape index (κ1) is 13.5. The van der Waals surface area contributed by atoms with Crippen LogP contribution in [0.4, 0.5) is 4.39 Å². The minimum Gasteiger partial charge on any atom is -0.315 e. The molecule has 1 aromatic rings. The summed E-state index contributed by atoms with van der Waals surface area (Å²) in [5, 5.41) is 0. The largest absolute Gasteiger partial charge is 0.315 e. The summed E-state index contributed by atoms with van der Waals surface area (Å²) in [5.41, 5.74) is 5.95. The third kappa shape index (κ3) is 2.41. The summed E-state index contributed by atoms with van der Waals surface area (Å²) >= 11 is 0. The molecule has 4 nitrogen and oxygen atoms in total. The van der Waals surface area contributed by atoms with Crippen molar-refractivity contribution in [2.45, 2.75) is 30.8 Å². The van der Waals surface area contributed by atoms with E-state index in [0.717, 1.165) is 25.0 Å². The van der Waals surface area contributed by atoms with Gasteiger partial charge in [0.15, 0.2) is 0 Å². The standard InChI is InChI=1S/C12H17FN2O2S/c1-9-3-2-8-15(12(9)14)18(16,17)11-6-4-10(13)5-7-11/h4-7,9,12H,2-3,8,14H2,1H3. The molecule has 0 aromatic heterocycles. The van der Waals surface area contributed by atoms with Gasteiger partial charge in [-0.1, -0.05) is 6.92 Å². The van der Waals surface area contributed by atoms with E-state index in [2.05, 4.69) is 0 Å². The molecule has 1 saturated heterocycles. The van der Waals surface area contributed by atoms with Gasteiger partial charge in [-0.05, 0) is 43.0 Å². The van der Waals surface area contributed by atoms with Crippen molar-refractivity contribution in [3.8, 4) is 0 Å². The van der Waals surface area contributed by atoms with Gasteiger partial charge in [0.05, 0.1) is 11.1 Å². The van der Waals surface area contributed by atoms with Crippen molar-refractivity contribution in [1.29, 1.82) is 0 Å². The second kappa shape index (κ2) is 4.95. The van der Waals surface area contributed by atoms with E-state index < -0.39 is 22.0 Å². The number of halogens is 1. The summed E-state index contributed by atoms with van der Waals surface area (Å²) in [5.74, 6) is -0.320. The number of hydrogen-bond acceptors (Lipinski definition) is 3. The van der Waals surface area contributed by atoms with Crippen molar-refractivity contribution in [3.63, 3.8) is 0 Å². The normalized spacial score (nSPS) is 26.2. The van der Waals surface area contributed by atoms with Gasteiger partial charge in [0.2, 0.25) is 10.0 Å². The molecule has 0 bridgehead atoms. The minimum atomic E-state index is -3.62. The number of benzene rings is 1. The van der Waals surface area contributed by atoms with Gasteiger partial charge in [-0.25, -0.2) is 12.8 Å². The molecule has 1 aliphatic rings. The van der Waals surface area contributed by atoms with E-state index in [4.69, 9.17) is 5.73 Å². The summed E-state index contributed by atoms with van der Waals surface area (Å²) in [6, 6.07) is 4.84. The Hall–Kier alpha value is -0.980. The molecule has 6 heteroatoms. The molecule has 1 heterocycles. The monoisotopic (exact) mass is 272 g/mol. The predicted molar refractivity (Wildman–Crippen MR) is 66.7 cm³/mol. The van der Waals surface area contributed by atoms with Crippen molar-refractivity contribution in [2.75, 3.05) is 6.54 Å². The van der Waals surface area contributed by atoms with E-state index in [1.54, 1.807) is 0 Å². The Morgan fingerprint density at radius 1 is 1.33 bits per heavy atom. The summed E-state index contributed by atoms with van der Waals surface area (Å²) in [7, 11) is -3.62. The second-order valence-electron chi connectivity index (χ2n) is 4.68. The van der Waals surface area contributed by atoms with Crippen molar-refractivity contribution >= 4 is 10.0 Å². The van der Waals surface area contributed by atoms with Crippen LogP contribution in [0, 0.1) is 11.7 Å². The van der Waals surface area contributed by atoms with Crippen LogP contribution in [0.2, 0.25) is 0 Å². The lowest BCUT2D eigenvalue weighted by Crippen LogP contribution is -2.52. The zero-order valence-corrected chi connectivity index (χ0v) is 11.0. The van der Waals surface area contributed by atoms with Crippen LogP contribution in [0.5, 0.6) is 0 Å². The first-order chi connectivity index (χ1) is 8.43. The molecule has 0 amide bonds. The molecule has 2 atom stereocenters. The molecule has 18 heavy (non-hydrogen) atoms. The SMILES string of the molecule is CC1CCCN(S(=O)(=O)c2ccc(F)cc2)C1N. The maximum atomic E-state index is 12.8. The lowest BCUT2D eigenvalue weighted by atomic mass is 9.99. The van der Waals surface area contributed by atoms with Gasteiger partial charge in [0, 0.05) is 6.54 Å². The molecule has 2 N–H and O–H groups in total. The second-order valence-corrected chi connectivity index (χ2v) is 6.57. The first-order valence-corrected chi connectivity index (χ1v) is 7.40. The van der Waals surface area contributed by atoms with Crippen LogP contribution < -0.4 is 5.73 Å². The fraction of sp³-hybridized carbons (Fsp3) is 0.500. The number of hydrogen-bond donors (Lipinski definition) is 1. The highest BCUT2D eigenvalue weighted by Crippen LogP contribution is 2.26. The highest BCUT2D eigenvalue weighted by molar-refractivity contribution is 7.89. The maximum absolute atomic E-state index is 12.8. The maximum Gasteiger partial charge on any atom is 0.244 e. The number of sulfonamides is 1. The Bertz CT molecular complexity index is 515. The summed E-state index contributed by atoms with van der Waals surface area (Å²) in [6.07, 6.45) is 1.22. The molecule has 2 unspecified atom stereocenters. The highest BCUT2D eigenvalue weighted by atomic mass is 32.2. The molecule has 100 valence electrons. The Balaban J connectivity index is 2.33. The summed E-state index contributed by atoms with van der Waals surface area (Å²) in [4.78, 5) is 0.0912. The topological polar surface area (TPSA) is 63.4 Å². The van der Waals surface area contributed by atoms with Crippen LogP contribution in [0.15, 0.2) is 29.2 Å². The molecule has 0 radical (unpaired) electrons. The molecule has 1 aliphatic heterocycles. The zero-order valence-electron chi connectivity index (χ0n) is 10.2. The van der Waals surface area contributed by atoms with Gasteiger partial charge < -0.3 is 5.73 Å². The third-order valence-electron chi connectivity index (χ3n) is 3.37. The van der Waals surface area contributed by atoms with Gasteiger partial charge in [0.1, 0.15) is 5.82 Å². The van der Waals surface area contributed by atoms with Gasteiger partial charge in [-0.3, -0.25) is 0 Å². The smallest absolute Gasteiger partial charge is 0.244 e. The number of rotatable bonds is 2. The Morgan fingerprint density at radius 2 is 1.94 bits per heavy atom. The van der Waals surface area contributed by atoms with Gasteiger partial charge in [-0.15, -0.1) is 0 Å². The third-order valence-corrected chi connectivity index (χ3v) is 5.29. The molecule has 0 aliphatic carbocycles. The molecular weight excluding hydrogens is 255 g/mol. The number of nitrogens with two attached hydrogens (primary N) is 1. The number of piperidine rings is 1. The minimum absolute atomic E-state index is 0.0912. The molecular formula is C12H17FN2O2S. The van der Waals surface area contributed by atoms with E-state index in [1.807, 2.05) is 6.92 Å². The van der Waals surface area contributed by atoms with Crippen LogP contribution in [-0.4, -0.2) is 25.4 Å². The molecule has 0 saturated carbocycles. The van der Waals surface area contributed by atoms with E-state index in [1.165, 1.54) is 16.4 Å². The Kier molecular flexibility index (Phi) is 3.70. The van der Waals surface area contributed by atoms with Crippen LogP contribution in [0.3, 0.4) is 0 Å². The van der Waals surface area contributed by atoms with Gasteiger partial charge >= 0.3 is 0 Å². The first-order valence-electron chi connectivity index (χ1n) is 5.96. The molecule has 0 spiro atoms. The van der Waals surface area contributed by atoms with Crippen LogP contribution in [-0.2, 0) is 10.0 Å². The highest BCUT2D eigenvalue weighted by Gasteiger charge is 2.34. The van der Waals surface area contributed by atoms with Crippen molar-refractivity contribution in [3.05, 3.63) is 30.1 Å². The molecule has 1 aromatic carbocycles. The lowest BCUT2D eigenvalue weighted by Gasteiger charge is -2.36.